The molecule has 0 spiro atoms. The van der Waals surface area contributed by atoms with Crippen molar-refractivity contribution < 1.29 is 24.5 Å². The van der Waals surface area contributed by atoms with E-state index in [0.29, 0.717) is 0 Å². The summed E-state index contributed by atoms with van der Waals surface area (Å²) in [5, 5.41) is 18.1. The van der Waals surface area contributed by atoms with Gasteiger partial charge in [-0.25, -0.2) is 4.79 Å². The first-order chi connectivity index (χ1) is 6.94. The van der Waals surface area contributed by atoms with Crippen molar-refractivity contribution in [1.29, 1.82) is 0 Å². The first-order valence-corrected chi connectivity index (χ1v) is 4.90. The molecule has 2 saturated heterocycles. The fraction of sp³-hybridized carbons (Fsp3) is 0.889. The van der Waals surface area contributed by atoms with E-state index in [1.54, 1.807) is 13.8 Å². The third kappa shape index (κ3) is 1.68. The van der Waals surface area contributed by atoms with E-state index < -0.39 is 17.9 Å². The highest BCUT2D eigenvalue weighted by atomic mass is 16.8. The average Bonchev–Trinajstić information content (AvgIpc) is 2.55. The molecule has 0 aromatic heterocycles. The smallest absolute Gasteiger partial charge is 0.407 e. The van der Waals surface area contributed by atoms with Gasteiger partial charge in [-0.1, -0.05) is 0 Å². The molecule has 2 fully saturated rings. The highest BCUT2D eigenvalue weighted by Gasteiger charge is 2.53. The number of aliphatic hydroxyl groups is 1. The topological polar surface area (TPSA) is 79.2 Å². The SMILES string of the molecule is CC1(C)O[C@H]2[C@@H](CO)N(C(=O)O)C[C@H]2O1. The summed E-state index contributed by atoms with van der Waals surface area (Å²) in [6.45, 7) is 3.58. The average molecular weight is 217 g/mol. The van der Waals surface area contributed by atoms with Crippen LogP contribution >= 0.6 is 0 Å². The molecule has 0 saturated carbocycles. The zero-order chi connectivity index (χ0) is 11.2. The van der Waals surface area contributed by atoms with Crippen LogP contribution in [-0.2, 0) is 9.47 Å². The molecule has 6 heteroatoms. The van der Waals surface area contributed by atoms with Crippen molar-refractivity contribution >= 4 is 6.09 Å². The van der Waals surface area contributed by atoms with Crippen molar-refractivity contribution in [3.05, 3.63) is 0 Å². The second-order valence-electron chi connectivity index (χ2n) is 4.32. The molecule has 2 heterocycles. The van der Waals surface area contributed by atoms with Crippen molar-refractivity contribution in [3.63, 3.8) is 0 Å². The van der Waals surface area contributed by atoms with Gasteiger partial charge in [0.2, 0.25) is 0 Å². The zero-order valence-electron chi connectivity index (χ0n) is 8.71. The van der Waals surface area contributed by atoms with Crippen LogP contribution in [0.15, 0.2) is 0 Å². The molecule has 2 aliphatic rings. The van der Waals surface area contributed by atoms with E-state index in [-0.39, 0.29) is 25.4 Å². The summed E-state index contributed by atoms with van der Waals surface area (Å²) in [6.07, 6.45) is -1.68. The van der Waals surface area contributed by atoms with Gasteiger partial charge >= 0.3 is 6.09 Å². The number of carbonyl (C=O) groups is 1. The van der Waals surface area contributed by atoms with E-state index in [0.717, 1.165) is 0 Å². The molecule has 0 aliphatic carbocycles. The third-order valence-corrected chi connectivity index (χ3v) is 2.81. The minimum Gasteiger partial charge on any atom is -0.465 e. The molecule has 0 aromatic carbocycles. The van der Waals surface area contributed by atoms with E-state index in [2.05, 4.69) is 0 Å². The van der Waals surface area contributed by atoms with Gasteiger partial charge < -0.3 is 19.7 Å². The fourth-order valence-electron chi connectivity index (χ4n) is 2.26. The molecule has 2 aliphatic heterocycles. The summed E-state index contributed by atoms with van der Waals surface area (Å²) < 4.78 is 11.1. The van der Waals surface area contributed by atoms with Gasteiger partial charge in [0.25, 0.3) is 0 Å². The summed E-state index contributed by atoms with van der Waals surface area (Å²) in [6, 6.07) is -0.519. The maximum atomic E-state index is 10.9. The summed E-state index contributed by atoms with van der Waals surface area (Å²) in [5.74, 6) is -0.687. The van der Waals surface area contributed by atoms with E-state index in [1.807, 2.05) is 0 Å². The summed E-state index contributed by atoms with van der Waals surface area (Å²) in [4.78, 5) is 12.0. The first kappa shape index (κ1) is 10.7. The van der Waals surface area contributed by atoms with Crippen molar-refractivity contribution in [3.8, 4) is 0 Å². The maximum Gasteiger partial charge on any atom is 0.407 e. The number of amides is 1. The van der Waals surface area contributed by atoms with Crippen LogP contribution in [0.25, 0.3) is 0 Å². The Morgan fingerprint density at radius 3 is 2.73 bits per heavy atom. The molecule has 0 radical (unpaired) electrons. The number of aliphatic hydroxyl groups excluding tert-OH is 1. The van der Waals surface area contributed by atoms with Crippen molar-refractivity contribution in [1.82, 2.24) is 4.90 Å². The lowest BCUT2D eigenvalue weighted by atomic mass is 10.1. The van der Waals surface area contributed by atoms with Gasteiger partial charge in [-0.05, 0) is 13.8 Å². The van der Waals surface area contributed by atoms with Crippen LogP contribution in [0.4, 0.5) is 4.79 Å². The lowest BCUT2D eigenvalue weighted by Crippen LogP contribution is -2.43. The van der Waals surface area contributed by atoms with E-state index in [1.165, 1.54) is 4.90 Å². The predicted octanol–water partition coefficient (Wildman–Crippen LogP) is -0.139. The lowest BCUT2D eigenvalue weighted by molar-refractivity contribution is -0.161. The number of hydrogen-bond acceptors (Lipinski definition) is 4. The maximum absolute atomic E-state index is 10.9. The summed E-state index contributed by atoms with van der Waals surface area (Å²) >= 11 is 0. The van der Waals surface area contributed by atoms with E-state index >= 15 is 0 Å². The van der Waals surface area contributed by atoms with E-state index in [4.69, 9.17) is 19.7 Å². The molecular formula is C9H15NO5. The Labute approximate surface area is 87.4 Å². The number of fused-ring (bicyclic) bond motifs is 1. The van der Waals surface area contributed by atoms with E-state index in [9.17, 15) is 4.79 Å². The van der Waals surface area contributed by atoms with Crippen LogP contribution in [0.1, 0.15) is 13.8 Å². The molecule has 1 amide bonds. The van der Waals surface area contributed by atoms with Crippen molar-refractivity contribution in [2.24, 2.45) is 0 Å². The highest BCUT2D eigenvalue weighted by Crippen LogP contribution is 2.36. The molecular weight excluding hydrogens is 202 g/mol. The zero-order valence-corrected chi connectivity index (χ0v) is 8.71. The largest absolute Gasteiger partial charge is 0.465 e. The highest BCUT2D eigenvalue weighted by molar-refractivity contribution is 5.66. The van der Waals surface area contributed by atoms with Gasteiger partial charge in [-0.3, -0.25) is 4.90 Å². The molecule has 3 atom stereocenters. The van der Waals surface area contributed by atoms with Crippen LogP contribution in [-0.4, -0.2) is 58.4 Å². The molecule has 2 N–H and O–H groups in total. The van der Waals surface area contributed by atoms with Gasteiger partial charge in [0.05, 0.1) is 19.2 Å². The van der Waals surface area contributed by atoms with Gasteiger partial charge in [0.15, 0.2) is 5.79 Å². The summed E-state index contributed by atoms with van der Waals surface area (Å²) in [5.41, 5.74) is 0. The molecule has 0 bridgehead atoms. The van der Waals surface area contributed by atoms with Gasteiger partial charge in [-0.2, -0.15) is 0 Å². The van der Waals surface area contributed by atoms with Gasteiger partial charge in [0.1, 0.15) is 12.2 Å². The number of likely N-dealkylation sites (tertiary alicyclic amines) is 1. The normalized spacial score (nSPS) is 38.1. The first-order valence-electron chi connectivity index (χ1n) is 4.90. The second kappa shape index (κ2) is 3.33. The van der Waals surface area contributed by atoms with Gasteiger partial charge in [-0.15, -0.1) is 0 Å². The molecule has 6 nitrogen and oxygen atoms in total. The molecule has 2 rings (SSSR count). The van der Waals surface area contributed by atoms with Crippen LogP contribution in [0.3, 0.4) is 0 Å². The second-order valence-corrected chi connectivity index (χ2v) is 4.32. The van der Waals surface area contributed by atoms with Gasteiger partial charge in [0, 0.05) is 0 Å². The Hall–Kier alpha value is -0.850. The number of nitrogens with zero attached hydrogens (tertiary/aromatic N) is 1. The Balaban J connectivity index is 2.15. The Morgan fingerprint density at radius 2 is 2.20 bits per heavy atom. The minimum atomic E-state index is -1.05. The number of carboxylic acid groups (broad SMARTS) is 1. The standard InChI is InChI=1S/C9H15NO5/c1-9(2)14-6-3-10(8(12)13)5(4-11)7(6)15-9/h5-7,11H,3-4H2,1-2H3,(H,12,13)/t5-,6-,7+/m1/s1. The molecule has 86 valence electrons. The summed E-state index contributed by atoms with van der Waals surface area (Å²) in [7, 11) is 0. The lowest BCUT2D eigenvalue weighted by Gasteiger charge is -2.26. The molecule has 15 heavy (non-hydrogen) atoms. The Morgan fingerprint density at radius 1 is 1.53 bits per heavy atom. The number of hydrogen-bond donors (Lipinski definition) is 2. The van der Waals surface area contributed by atoms with Crippen LogP contribution in [0.2, 0.25) is 0 Å². The monoisotopic (exact) mass is 217 g/mol. The predicted molar refractivity (Wildman–Crippen MR) is 49.4 cm³/mol. The fourth-order valence-corrected chi connectivity index (χ4v) is 2.26. The van der Waals surface area contributed by atoms with Crippen LogP contribution < -0.4 is 0 Å². The van der Waals surface area contributed by atoms with Crippen molar-refractivity contribution in [2.75, 3.05) is 13.2 Å². The quantitative estimate of drug-likeness (QED) is 0.639. The third-order valence-electron chi connectivity index (χ3n) is 2.81. The molecule has 0 aromatic rings. The van der Waals surface area contributed by atoms with Crippen LogP contribution in [0.5, 0.6) is 0 Å². The number of ether oxygens (including phenoxy) is 2. The number of rotatable bonds is 1. The Bertz CT molecular complexity index is 280. The Kier molecular flexibility index (Phi) is 2.37. The van der Waals surface area contributed by atoms with Crippen LogP contribution in [0, 0.1) is 0 Å². The minimum absolute atomic E-state index is 0.243. The van der Waals surface area contributed by atoms with Crippen molar-refractivity contribution in [2.45, 2.75) is 37.9 Å². The molecule has 0 unspecified atom stereocenters.